The molecule has 0 aliphatic heterocycles. The van der Waals surface area contributed by atoms with E-state index in [-0.39, 0.29) is 40.9 Å². The van der Waals surface area contributed by atoms with Crippen LogP contribution < -0.4 is 5.32 Å². The van der Waals surface area contributed by atoms with Crippen molar-refractivity contribution in [2.45, 2.75) is 44.9 Å². The van der Waals surface area contributed by atoms with E-state index in [1.807, 2.05) is 37.3 Å². The molecule has 0 bridgehead atoms. The predicted molar refractivity (Wildman–Crippen MR) is 154 cm³/mol. The van der Waals surface area contributed by atoms with Crippen LogP contribution in [0.15, 0.2) is 72.8 Å². The number of amides is 1. The van der Waals surface area contributed by atoms with Crippen LogP contribution in [0.4, 0.5) is 0 Å². The zero-order chi connectivity index (χ0) is 27.7. The summed E-state index contributed by atoms with van der Waals surface area (Å²) in [5, 5.41) is 15.0. The molecule has 2 atom stereocenters. The average Bonchev–Trinajstić information content (AvgIpc) is 2.89. The summed E-state index contributed by atoms with van der Waals surface area (Å²) in [5.41, 5.74) is 1.72. The molecule has 0 saturated heterocycles. The van der Waals surface area contributed by atoms with Crippen LogP contribution in [0.5, 0.6) is 0 Å². The van der Waals surface area contributed by atoms with E-state index >= 15 is 0 Å². The van der Waals surface area contributed by atoms with Crippen molar-refractivity contribution in [2.75, 3.05) is 12.3 Å². The fourth-order valence-corrected chi connectivity index (χ4v) is 6.22. The van der Waals surface area contributed by atoms with Gasteiger partial charge in [-0.25, -0.2) is 8.42 Å². The summed E-state index contributed by atoms with van der Waals surface area (Å²) >= 11 is 18.5. The Bertz CT molecular complexity index is 1320. The molecule has 0 heterocycles. The Hall–Kier alpha value is -2.13. The van der Waals surface area contributed by atoms with Crippen LogP contribution in [0, 0.1) is 0 Å². The number of carbonyl (C=O) groups excluding carboxylic acids is 1. The molecule has 0 aliphatic carbocycles. The van der Waals surface area contributed by atoms with E-state index in [0.717, 1.165) is 5.56 Å². The monoisotopic (exact) mass is 596 g/mol. The van der Waals surface area contributed by atoms with Crippen LogP contribution in [0.25, 0.3) is 0 Å². The van der Waals surface area contributed by atoms with Crippen molar-refractivity contribution in [3.05, 3.63) is 105 Å². The maximum absolute atomic E-state index is 13.3. The molecule has 0 spiro atoms. The Morgan fingerprint density at radius 2 is 1.66 bits per heavy atom. The molecule has 0 fully saturated rings. The van der Waals surface area contributed by atoms with Crippen molar-refractivity contribution < 1.29 is 18.3 Å². The Labute approximate surface area is 239 Å². The van der Waals surface area contributed by atoms with E-state index in [1.54, 1.807) is 36.4 Å². The summed E-state index contributed by atoms with van der Waals surface area (Å²) in [6.45, 7) is 1.73. The molecule has 0 aliphatic rings. The van der Waals surface area contributed by atoms with Gasteiger partial charge < -0.3 is 10.4 Å². The Balaban J connectivity index is 1.90. The number of aliphatic hydroxyl groups excluding tert-OH is 1. The second kappa shape index (κ2) is 14.3. The number of hydrogen-bond acceptors (Lipinski definition) is 4. The van der Waals surface area contributed by atoms with Gasteiger partial charge in [0.1, 0.15) is 0 Å². The average molecular weight is 598 g/mol. The van der Waals surface area contributed by atoms with Crippen molar-refractivity contribution in [3.63, 3.8) is 0 Å². The van der Waals surface area contributed by atoms with Gasteiger partial charge in [-0.15, -0.1) is 0 Å². The van der Waals surface area contributed by atoms with Crippen LogP contribution in [0.3, 0.4) is 0 Å². The first kappa shape index (κ1) is 30.4. The second-order valence-corrected chi connectivity index (χ2v) is 12.3. The highest BCUT2D eigenvalue weighted by molar-refractivity contribution is 7.89. The number of carbonyl (C=O) groups is 1. The molecule has 3 aromatic carbocycles. The Kier molecular flexibility index (Phi) is 11.5. The van der Waals surface area contributed by atoms with Gasteiger partial charge in [-0.2, -0.15) is 4.31 Å². The third-order valence-electron chi connectivity index (χ3n) is 6.06. The van der Waals surface area contributed by atoms with Gasteiger partial charge in [0.25, 0.3) is 5.91 Å². The molecule has 10 heteroatoms. The minimum atomic E-state index is -3.71. The summed E-state index contributed by atoms with van der Waals surface area (Å²) in [4.78, 5) is 13.2. The highest BCUT2D eigenvalue weighted by Crippen LogP contribution is 2.26. The van der Waals surface area contributed by atoms with Crippen LogP contribution >= 0.6 is 34.8 Å². The van der Waals surface area contributed by atoms with Crippen LogP contribution in [0.2, 0.25) is 15.1 Å². The van der Waals surface area contributed by atoms with E-state index in [9.17, 15) is 18.3 Å². The highest BCUT2D eigenvalue weighted by atomic mass is 35.5. The maximum Gasteiger partial charge on any atom is 0.253 e. The number of hydrogen-bond donors (Lipinski definition) is 2. The fourth-order valence-electron chi connectivity index (χ4n) is 3.98. The first-order chi connectivity index (χ1) is 18.1. The van der Waals surface area contributed by atoms with E-state index in [1.165, 1.54) is 10.4 Å². The molecule has 204 valence electrons. The molecule has 3 aromatic rings. The minimum absolute atomic E-state index is 0.0375. The summed E-state index contributed by atoms with van der Waals surface area (Å²) in [6, 6.07) is 20.2. The van der Waals surface area contributed by atoms with E-state index in [0.29, 0.717) is 23.4 Å². The standard InChI is InChI=1S/C28H31Cl3N2O4S/c1-2-3-15-38(36,37)33(18-21-11-7-12-22(29)16-21)19-26(34)25(17-20-9-5-4-6-10-20)32-28(35)23-13-8-14-24(30)27(23)31/h4-14,16,25-26,34H,2-3,15,17-19H2,1H3,(H,32,35)/t25-,26+/m0/s1. The quantitative estimate of drug-likeness (QED) is 0.254. The lowest BCUT2D eigenvalue weighted by atomic mass is 10.0. The number of aliphatic hydroxyl groups is 1. The fraction of sp³-hybridized carbons (Fsp3) is 0.321. The number of halogens is 3. The predicted octanol–water partition coefficient (Wildman–Crippen LogP) is 5.98. The third-order valence-corrected chi connectivity index (χ3v) is 8.99. The van der Waals surface area contributed by atoms with Gasteiger partial charge in [0.05, 0.1) is 33.5 Å². The number of nitrogens with one attached hydrogen (secondary N) is 1. The van der Waals surface area contributed by atoms with Gasteiger partial charge in [-0.05, 0) is 48.2 Å². The maximum atomic E-state index is 13.3. The molecule has 6 nitrogen and oxygen atoms in total. The minimum Gasteiger partial charge on any atom is -0.390 e. The second-order valence-electron chi connectivity index (χ2n) is 9.03. The molecule has 1 amide bonds. The first-order valence-electron chi connectivity index (χ1n) is 12.3. The molecule has 0 aromatic heterocycles. The Morgan fingerprint density at radius 3 is 2.34 bits per heavy atom. The molecule has 0 radical (unpaired) electrons. The van der Waals surface area contributed by atoms with Crippen molar-refractivity contribution in [1.82, 2.24) is 9.62 Å². The van der Waals surface area contributed by atoms with E-state index in [2.05, 4.69) is 5.32 Å². The lowest BCUT2D eigenvalue weighted by Gasteiger charge is -2.30. The summed E-state index contributed by atoms with van der Waals surface area (Å²) in [7, 11) is -3.71. The number of sulfonamides is 1. The molecular weight excluding hydrogens is 567 g/mol. The van der Waals surface area contributed by atoms with Gasteiger partial charge in [-0.3, -0.25) is 4.79 Å². The number of unbranched alkanes of at least 4 members (excludes halogenated alkanes) is 1. The molecule has 2 N–H and O–H groups in total. The topological polar surface area (TPSA) is 86.7 Å². The normalized spacial score (nSPS) is 13.3. The van der Waals surface area contributed by atoms with Gasteiger partial charge in [-0.1, -0.05) is 96.7 Å². The number of rotatable bonds is 13. The van der Waals surface area contributed by atoms with E-state index in [4.69, 9.17) is 34.8 Å². The molecule has 0 saturated carbocycles. The van der Waals surface area contributed by atoms with Crippen molar-refractivity contribution in [2.24, 2.45) is 0 Å². The largest absolute Gasteiger partial charge is 0.390 e. The number of benzene rings is 3. The Morgan fingerprint density at radius 1 is 0.974 bits per heavy atom. The van der Waals surface area contributed by atoms with Gasteiger partial charge in [0.2, 0.25) is 10.0 Å². The first-order valence-corrected chi connectivity index (χ1v) is 15.0. The van der Waals surface area contributed by atoms with Crippen LogP contribution in [-0.2, 0) is 23.0 Å². The zero-order valence-corrected chi connectivity index (χ0v) is 24.1. The van der Waals surface area contributed by atoms with E-state index < -0.39 is 28.1 Å². The van der Waals surface area contributed by atoms with Gasteiger partial charge in [0, 0.05) is 18.1 Å². The molecule has 38 heavy (non-hydrogen) atoms. The molecular formula is C28H31Cl3N2O4S. The van der Waals surface area contributed by atoms with Crippen LogP contribution in [-0.4, -0.2) is 48.2 Å². The molecule has 0 unspecified atom stereocenters. The lowest BCUT2D eigenvalue weighted by Crippen LogP contribution is -2.50. The SMILES string of the molecule is CCCCS(=O)(=O)N(Cc1cccc(Cl)c1)C[C@@H](O)[C@H](Cc1ccccc1)NC(=O)c1cccc(Cl)c1Cl. The highest BCUT2D eigenvalue weighted by Gasteiger charge is 2.30. The molecule has 3 rings (SSSR count). The van der Waals surface area contributed by atoms with Crippen LogP contribution in [0.1, 0.15) is 41.3 Å². The smallest absolute Gasteiger partial charge is 0.253 e. The van der Waals surface area contributed by atoms with Crippen molar-refractivity contribution in [3.8, 4) is 0 Å². The third kappa shape index (κ3) is 8.70. The zero-order valence-electron chi connectivity index (χ0n) is 21.0. The van der Waals surface area contributed by atoms with Gasteiger partial charge in [0.15, 0.2) is 0 Å². The summed E-state index contributed by atoms with van der Waals surface area (Å²) in [5.74, 6) is -0.572. The summed E-state index contributed by atoms with van der Waals surface area (Å²) < 4.78 is 27.8. The number of nitrogens with zero attached hydrogens (tertiary/aromatic N) is 1. The van der Waals surface area contributed by atoms with Crippen molar-refractivity contribution in [1.29, 1.82) is 0 Å². The van der Waals surface area contributed by atoms with Crippen molar-refractivity contribution >= 4 is 50.7 Å². The summed E-state index contributed by atoms with van der Waals surface area (Å²) in [6.07, 6.45) is 0.237. The van der Waals surface area contributed by atoms with Gasteiger partial charge >= 0.3 is 0 Å². The lowest BCUT2D eigenvalue weighted by molar-refractivity contribution is 0.0779.